The Labute approximate surface area is 121 Å². The average molecular weight is 299 g/mol. The van der Waals surface area contributed by atoms with Crippen LogP contribution in [0.25, 0.3) is 5.69 Å². The Balaban J connectivity index is 0.00000106. The van der Waals surface area contributed by atoms with Gasteiger partial charge in [-0.3, -0.25) is 0 Å². The van der Waals surface area contributed by atoms with Gasteiger partial charge in [-0.2, -0.15) is 13.9 Å². The van der Waals surface area contributed by atoms with Crippen LogP contribution in [0.1, 0.15) is 11.3 Å². The summed E-state index contributed by atoms with van der Waals surface area (Å²) in [5.74, 6) is -2.87. The Morgan fingerprint density at radius 3 is 2.29 bits per heavy atom. The molecule has 1 aromatic heterocycles. The van der Waals surface area contributed by atoms with Crippen LogP contribution >= 0.6 is 0 Å². The predicted molar refractivity (Wildman–Crippen MR) is 77.0 cm³/mol. The van der Waals surface area contributed by atoms with Crippen molar-refractivity contribution in [2.75, 3.05) is 26.1 Å². The molecule has 0 aliphatic heterocycles. The van der Waals surface area contributed by atoms with E-state index in [4.69, 9.17) is 10.2 Å². The summed E-state index contributed by atoms with van der Waals surface area (Å²) in [5.41, 5.74) is 0.587. The number of alkyl halides is 2. The topological polar surface area (TPSA) is 70.3 Å². The van der Waals surface area contributed by atoms with E-state index in [0.717, 1.165) is 7.11 Å². The van der Waals surface area contributed by atoms with Crippen molar-refractivity contribution in [1.82, 2.24) is 9.78 Å². The second kappa shape index (κ2) is 7.14. The molecule has 116 valence electrons. The molecule has 0 atom stereocenters. The van der Waals surface area contributed by atoms with Crippen molar-refractivity contribution in [1.29, 1.82) is 0 Å². The fraction of sp³-hybridized carbons (Fsp3) is 0.357. The molecule has 0 unspecified atom stereocenters. The van der Waals surface area contributed by atoms with E-state index in [1.54, 1.807) is 38.2 Å². The Kier molecular flexibility index (Phi) is 5.80. The zero-order valence-electron chi connectivity index (χ0n) is 12.1. The quantitative estimate of drug-likeness (QED) is 0.806. The van der Waals surface area contributed by atoms with Crippen molar-refractivity contribution in [3.05, 3.63) is 41.6 Å². The van der Waals surface area contributed by atoms with Gasteiger partial charge >= 0.3 is 5.92 Å². The van der Waals surface area contributed by atoms with E-state index in [1.807, 2.05) is 6.07 Å². The zero-order chi connectivity index (χ0) is 16.0. The standard InChI is InChI=1S/C13H15F2N3O.CH4O/c1-9-11(13(14,15)8-19)17-18(12(9)16-2)10-6-4-3-5-7-10;1-2/h3-7,16,19H,8H2,1-2H3;2H,1H3. The van der Waals surface area contributed by atoms with Crippen LogP contribution in [0.4, 0.5) is 14.6 Å². The van der Waals surface area contributed by atoms with Crippen LogP contribution < -0.4 is 5.32 Å². The van der Waals surface area contributed by atoms with Crippen LogP contribution in [0.5, 0.6) is 0 Å². The number of para-hydroxylation sites is 1. The fourth-order valence-corrected chi connectivity index (χ4v) is 1.97. The van der Waals surface area contributed by atoms with E-state index < -0.39 is 18.2 Å². The molecule has 1 heterocycles. The molecular weight excluding hydrogens is 280 g/mol. The predicted octanol–water partition coefficient (Wildman–Crippen LogP) is 1.92. The van der Waals surface area contributed by atoms with Crippen molar-refractivity contribution in [2.45, 2.75) is 12.8 Å². The maximum absolute atomic E-state index is 13.6. The van der Waals surface area contributed by atoms with Crippen LogP contribution in [0.3, 0.4) is 0 Å². The van der Waals surface area contributed by atoms with Crippen LogP contribution in [0.15, 0.2) is 30.3 Å². The molecule has 0 saturated carbocycles. The number of benzene rings is 1. The first-order valence-electron chi connectivity index (χ1n) is 6.28. The Morgan fingerprint density at radius 1 is 1.24 bits per heavy atom. The number of nitrogens with one attached hydrogen (secondary N) is 1. The van der Waals surface area contributed by atoms with Crippen molar-refractivity contribution in [2.24, 2.45) is 0 Å². The normalized spacial score (nSPS) is 10.8. The highest BCUT2D eigenvalue weighted by Crippen LogP contribution is 2.33. The molecule has 5 nitrogen and oxygen atoms in total. The van der Waals surface area contributed by atoms with E-state index in [-0.39, 0.29) is 0 Å². The maximum Gasteiger partial charge on any atom is 0.314 e. The summed E-state index contributed by atoms with van der Waals surface area (Å²) in [6.45, 7) is 0.292. The molecule has 7 heteroatoms. The third-order valence-corrected chi connectivity index (χ3v) is 2.90. The van der Waals surface area contributed by atoms with Crippen molar-refractivity contribution < 1.29 is 19.0 Å². The van der Waals surface area contributed by atoms with E-state index in [2.05, 4.69) is 10.4 Å². The molecule has 0 radical (unpaired) electrons. The summed E-state index contributed by atoms with van der Waals surface area (Å²) in [5, 5.41) is 22.6. The van der Waals surface area contributed by atoms with Gasteiger partial charge in [0.05, 0.1) is 5.69 Å². The minimum absolute atomic E-state index is 0.324. The van der Waals surface area contributed by atoms with E-state index in [1.165, 1.54) is 4.68 Å². The van der Waals surface area contributed by atoms with Gasteiger partial charge in [-0.1, -0.05) is 18.2 Å². The van der Waals surface area contributed by atoms with Gasteiger partial charge in [0, 0.05) is 19.7 Å². The summed E-state index contributed by atoms with van der Waals surface area (Å²) in [4.78, 5) is 0. The van der Waals surface area contributed by atoms with Gasteiger partial charge in [0.2, 0.25) is 0 Å². The number of rotatable bonds is 4. The van der Waals surface area contributed by atoms with E-state index in [9.17, 15) is 8.78 Å². The Morgan fingerprint density at radius 2 is 1.81 bits per heavy atom. The lowest BCUT2D eigenvalue weighted by atomic mass is 10.1. The molecular formula is C14H19F2N3O2. The highest BCUT2D eigenvalue weighted by Gasteiger charge is 2.37. The smallest absolute Gasteiger partial charge is 0.314 e. The highest BCUT2D eigenvalue weighted by molar-refractivity contribution is 5.53. The largest absolute Gasteiger partial charge is 0.400 e. The lowest BCUT2D eigenvalue weighted by molar-refractivity contribution is -0.0599. The second-order valence-electron chi connectivity index (χ2n) is 4.18. The molecule has 21 heavy (non-hydrogen) atoms. The molecule has 2 aromatic rings. The van der Waals surface area contributed by atoms with Gasteiger partial charge in [-0.25, -0.2) is 4.68 Å². The molecule has 2 rings (SSSR count). The minimum Gasteiger partial charge on any atom is -0.400 e. The number of aliphatic hydroxyl groups is 2. The van der Waals surface area contributed by atoms with Crippen molar-refractivity contribution in [3.63, 3.8) is 0 Å². The van der Waals surface area contributed by atoms with Crippen LogP contribution in [-0.2, 0) is 5.92 Å². The second-order valence-corrected chi connectivity index (χ2v) is 4.18. The minimum atomic E-state index is -3.35. The van der Waals surface area contributed by atoms with E-state index >= 15 is 0 Å². The molecule has 0 amide bonds. The van der Waals surface area contributed by atoms with E-state index in [0.29, 0.717) is 17.1 Å². The molecule has 0 bridgehead atoms. The highest BCUT2D eigenvalue weighted by atomic mass is 19.3. The molecule has 3 N–H and O–H groups in total. The molecule has 0 spiro atoms. The van der Waals surface area contributed by atoms with Crippen molar-refractivity contribution in [3.8, 4) is 5.69 Å². The molecule has 0 aliphatic rings. The first kappa shape index (κ1) is 17.1. The maximum atomic E-state index is 13.6. The zero-order valence-corrected chi connectivity index (χ0v) is 12.1. The fourth-order valence-electron chi connectivity index (χ4n) is 1.97. The number of aliphatic hydroxyl groups excluding tert-OH is 2. The molecule has 0 aliphatic carbocycles. The summed E-state index contributed by atoms with van der Waals surface area (Å²) in [6, 6.07) is 8.98. The Hall–Kier alpha value is -1.99. The van der Waals surface area contributed by atoms with Crippen molar-refractivity contribution >= 4 is 5.82 Å². The number of hydrogen-bond acceptors (Lipinski definition) is 4. The summed E-state index contributed by atoms with van der Waals surface area (Å²) in [6.07, 6.45) is 0. The van der Waals surface area contributed by atoms with Gasteiger partial charge in [-0.05, 0) is 19.1 Å². The van der Waals surface area contributed by atoms with Crippen LogP contribution in [0.2, 0.25) is 0 Å². The molecule has 1 aromatic carbocycles. The summed E-state index contributed by atoms with van der Waals surface area (Å²) in [7, 11) is 2.64. The molecule has 0 saturated heterocycles. The van der Waals surface area contributed by atoms with Crippen LogP contribution in [-0.4, -0.2) is 40.8 Å². The number of anilines is 1. The van der Waals surface area contributed by atoms with Gasteiger partial charge in [0.1, 0.15) is 18.1 Å². The molecule has 0 fully saturated rings. The first-order chi connectivity index (χ1) is 10.0. The van der Waals surface area contributed by atoms with Crippen LogP contribution in [0, 0.1) is 6.92 Å². The number of halogens is 2. The van der Waals surface area contributed by atoms with Gasteiger partial charge in [0.15, 0.2) is 0 Å². The number of hydrogen-bond donors (Lipinski definition) is 3. The SMILES string of the molecule is CNc1c(C)c(C(F)(F)CO)nn1-c1ccccc1.CO. The number of nitrogens with zero attached hydrogens (tertiary/aromatic N) is 2. The first-order valence-corrected chi connectivity index (χ1v) is 6.28. The summed E-state index contributed by atoms with van der Waals surface area (Å²) >= 11 is 0. The van der Waals surface area contributed by atoms with Gasteiger partial charge in [-0.15, -0.1) is 0 Å². The summed E-state index contributed by atoms with van der Waals surface area (Å²) < 4.78 is 28.7. The monoisotopic (exact) mass is 299 g/mol. The average Bonchev–Trinajstić information content (AvgIpc) is 2.87. The van der Waals surface area contributed by atoms with Gasteiger partial charge in [0.25, 0.3) is 0 Å². The number of aromatic nitrogens is 2. The van der Waals surface area contributed by atoms with Gasteiger partial charge < -0.3 is 15.5 Å². The Bertz CT molecular complexity index is 571. The lowest BCUT2D eigenvalue weighted by Gasteiger charge is -2.10. The third kappa shape index (κ3) is 3.37. The lowest BCUT2D eigenvalue weighted by Crippen LogP contribution is -2.20. The third-order valence-electron chi connectivity index (χ3n) is 2.90.